The second kappa shape index (κ2) is 21.5. The highest BCUT2D eigenvalue weighted by Crippen LogP contribution is 2.25. The molecule has 0 amide bonds. The molecule has 0 aliphatic rings. The molecule has 10 aromatic heterocycles. The van der Waals surface area contributed by atoms with Crippen molar-refractivity contribution in [2.75, 3.05) is 11.6 Å². The van der Waals surface area contributed by atoms with Crippen molar-refractivity contribution in [2.24, 2.45) is 5.73 Å². The van der Waals surface area contributed by atoms with Crippen molar-refractivity contribution in [3.05, 3.63) is 181 Å². The van der Waals surface area contributed by atoms with E-state index < -0.39 is 9.84 Å². The Balaban J connectivity index is 0.000000152. The first-order valence-electron chi connectivity index (χ1n) is 21.3. The molecule has 10 aromatic rings. The second-order valence-electron chi connectivity index (χ2n) is 15.4. The fourth-order valence-corrected chi connectivity index (χ4v) is 7.42. The molecule has 0 atom stereocenters. The molecule has 0 radical (unpaired) electrons. The number of nitriles is 2. The maximum Gasteiger partial charge on any atom is 0.247 e. The first kappa shape index (κ1) is 47.1. The lowest BCUT2D eigenvalue weighted by Crippen LogP contribution is -2.05. The van der Waals surface area contributed by atoms with Gasteiger partial charge in [0.15, 0.2) is 0 Å². The largest absolute Gasteiger partial charge is 0.350 e. The third-order valence-corrected chi connectivity index (χ3v) is 11.1. The lowest BCUT2D eigenvalue weighted by molar-refractivity contribution is 0.593. The first-order chi connectivity index (χ1) is 34.0. The number of fused-ring (bicyclic) bond motifs is 2. The summed E-state index contributed by atoms with van der Waals surface area (Å²) in [6, 6.07) is 30.3. The number of pyridine rings is 8. The average molecular weight is 941 g/mol. The van der Waals surface area contributed by atoms with Crippen LogP contribution in [-0.2, 0) is 22.9 Å². The van der Waals surface area contributed by atoms with Crippen molar-refractivity contribution in [1.29, 1.82) is 10.5 Å². The van der Waals surface area contributed by atoms with Gasteiger partial charge in [-0.2, -0.15) is 10.5 Å². The molecule has 0 aliphatic heterocycles. The van der Waals surface area contributed by atoms with Gasteiger partial charge in [-0.05, 0) is 97.8 Å². The Morgan fingerprint density at radius 3 is 1.59 bits per heavy atom. The van der Waals surface area contributed by atoms with E-state index in [2.05, 4.69) is 77.3 Å². The van der Waals surface area contributed by atoms with Gasteiger partial charge in [-0.15, -0.1) is 0 Å². The molecule has 0 fully saturated rings. The minimum atomic E-state index is -3.44. The first-order valence-corrected chi connectivity index (χ1v) is 23.2. The lowest BCUT2D eigenvalue weighted by atomic mass is 10.1. The number of hydrogen-bond acceptors (Lipinski definition) is 18. The third kappa shape index (κ3) is 11.6. The summed E-state index contributed by atoms with van der Waals surface area (Å²) in [5, 5.41) is 23.7. The highest BCUT2D eigenvalue weighted by molar-refractivity contribution is 7.90. The summed E-state index contributed by atoms with van der Waals surface area (Å²) in [5.74, 6) is 0.466. The van der Waals surface area contributed by atoms with Crippen molar-refractivity contribution in [1.82, 2.24) is 59.8 Å². The zero-order valence-electron chi connectivity index (χ0n) is 37.8. The number of aromatic nitrogens is 12. The van der Waals surface area contributed by atoms with Crippen molar-refractivity contribution < 1.29 is 8.42 Å². The summed E-state index contributed by atoms with van der Waals surface area (Å²) in [6.07, 6.45) is 17.9. The molecule has 10 rings (SSSR count). The molecular weight excluding hydrogens is 901 g/mol. The molecular formula is C51H40N16O2S. The fraction of sp³-hybridized carbons (Fsp3) is 0.0980. The van der Waals surface area contributed by atoms with Crippen LogP contribution in [0.2, 0.25) is 0 Å². The van der Waals surface area contributed by atoms with E-state index in [0.29, 0.717) is 58.6 Å². The van der Waals surface area contributed by atoms with Crippen LogP contribution in [0.1, 0.15) is 33.6 Å². The highest BCUT2D eigenvalue weighted by Gasteiger charge is 2.14. The van der Waals surface area contributed by atoms with Crippen LogP contribution < -0.4 is 11.1 Å². The van der Waals surface area contributed by atoms with Gasteiger partial charge >= 0.3 is 0 Å². The molecule has 0 saturated carbocycles. The monoisotopic (exact) mass is 940 g/mol. The number of sulfone groups is 1. The molecule has 70 heavy (non-hydrogen) atoms. The molecule has 10 heterocycles. The van der Waals surface area contributed by atoms with E-state index in [1.165, 1.54) is 6.20 Å². The van der Waals surface area contributed by atoms with Crippen molar-refractivity contribution in [3.63, 3.8) is 0 Å². The van der Waals surface area contributed by atoms with E-state index in [1.807, 2.05) is 86.6 Å². The van der Waals surface area contributed by atoms with Crippen LogP contribution in [0.5, 0.6) is 0 Å². The molecule has 0 saturated heterocycles. The maximum absolute atomic E-state index is 11.5. The van der Waals surface area contributed by atoms with Gasteiger partial charge in [0.1, 0.15) is 12.1 Å². The van der Waals surface area contributed by atoms with Crippen LogP contribution in [-0.4, -0.2) is 74.5 Å². The van der Waals surface area contributed by atoms with Crippen molar-refractivity contribution in [3.8, 4) is 57.4 Å². The molecule has 0 aromatic carbocycles. The number of nitrogens with one attached hydrogen (secondary N) is 1. The molecule has 19 heteroatoms. The second-order valence-corrected chi connectivity index (χ2v) is 17.3. The Morgan fingerprint density at radius 1 is 0.543 bits per heavy atom. The lowest BCUT2D eigenvalue weighted by Gasteiger charge is -2.09. The van der Waals surface area contributed by atoms with E-state index in [0.717, 1.165) is 67.4 Å². The van der Waals surface area contributed by atoms with Crippen molar-refractivity contribution in [2.45, 2.75) is 32.1 Å². The minimum Gasteiger partial charge on any atom is -0.350 e. The smallest absolute Gasteiger partial charge is 0.247 e. The molecule has 342 valence electrons. The summed E-state index contributed by atoms with van der Waals surface area (Å²) in [4.78, 5) is 51.0. The predicted molar refractivity (Wildman–Crippen MR) is 263 cm³/mol. The van der Waals surface area contributed by atoms with Crippen molar-refractivity contribution >= 4 is 37.6 Å². The standard InChI is InChI=1S/C25H18N8.C13H10N4O2S.C13H12N4/c1-16-9-19(4-7-27-16)24-20(12-26)10-17(13-31-24)14-32-25-29-8-5-21(33-25)22-11-18-3-2-6-28-23(18)15-30-22;1-20(18,19)13-15-6-4-10(17-13)11-7-9-3-2-5-14-12(9)8-16-11;1-9-4-11(2-3-16-9)13-12(7-15)5-10(6-14)8-17-13/h2-11,13,15H,14H2,1H3,(H,29,32,33);2-8H,1H3;2-5,8H,6,14H2,1H3. The summed E-state index contributed by atoms with van der Waals surface area (Å²) in [6.45, 7) is 4.63. The molecule has 0 unspecified atom stereocenters. The van der Waals surface area contributed by atoms with E-state index in [4.69, 9.17) is 11.0 Å². The van der Waals surface area contributed by atoms with Gasteiger partial charge in [0.25, 0.3) is 0 Å². The Hall–Kier alpha value is -9.43. The minimum absolute atomic E-state index is 0.205. The van der Waals surface area contributed by atoms with Gasteiger partial charge in [-0.25, -0.2) is 28.4 Å². The van der Waals surface area contributed by atoms with Gasteiger partial charge < -0.3 is 11.1 Å². The summed E-state index contributed by atoms with van der Waals surface area (Å²) >= 11 is 0. The molecule has 0 aliphatic carbocycles. The number of nitrogens with two attached hydrogens (primary N) is 1. The third-order valence-electron chi connectivity index (χ3n) is 10.3. The Kier molecular flexibility index (Phi) is 14.4. The predicted octanol–water partition coefficient (Wildman–Crippen LogP) is 7.61. The van der Waals surface area contributed by atoms with Gasteiger partial charge in [-0.1, -0.05) is 12.1 Å². The number of anilines is 1. The van der Waals surface area contributed by atoms with Gasteiger partial charge in [-0.3, -0.25) is 39.9 Å². The fourth-order valence-electron chi connectivity index (χ4n) is 6.90. The summed E-state index contributed by atoms with van der Waals surface area (Å²) < 4.78 is 22.9. The Bertz CT molecular complexity index is 3730. The van der Waals surface area contributed by atoms with E-state index in [1.54, 1.807) is 67.9 Å². The van der Waals surface area contributed by atoms with Gasteiger partial charge in [0.05, 0.1) is 68.7 Å². The zero-order valence-corrected chi connectivity index (χ0v) is 38.7. The number of aryl methyl sites for hydroxylation is 2. The van der Waals surface area contributed by atoms with Crippen LogP contribution in [0.3, 0.4) is 0 Å². The SMILES string of the molecule is CS(=O)(=O)c1nccc(-c2cc3cccnc3cn2)n1.Cc1cc(-c2ncc(CN)cc2C#N)ccn1.Cc1cc(-c2ncc(CNc3nccc(-c4cc5cccnc5cn4)n3)cc2C#N)ccn1. The van der Waals surface area contributed by atoms with Gasteiger partial charge in [0.2, 0.25) is 20.9 Å². The molecule has 0 bridgehead atoms. The maximum atomic E-state index is 11.5. The van der Waals surface area contributed by atoms with Crippen LogP contribution in [0.4, 0.5) is 5.95 Å². The van der Waals surface area contributed by atoms with E-state index in [-0.39, 0.29) is 5.16 Å². The highest BCUT2D eigenvalue weighted by atomic mass is 32.2. The van der Waals surface area contributed by atoms with E-state index >= 15 is 0 Å². The normalized spacial score (nSPS) is 10.8. The topological polar surface area (TPSA) is 274 Å². The summed E-state index contributed by atoms with van der Waals surface area (Å²) in [7, 11) is -3.44. The number of hydrogen-bond donors (Lipinski definition) is 2. The van der Waals surface area contributed by atoms with Gasteiger partial charge in [0, 0.05) is 102 Å². The van der Waals surface area contributed by atoms with Crippen LogP contribution in [0.15, 0.2) is 152 Å². The number of rotatable bonds is 9. The molecule has 3 N–H and O–H groups in total. The van der Waals surface area contributed by atoms with E-state index in [9.17, 15) is 13.7 Å². The van der Waals surface area contributed by atoms with Crippen LogP contribution in [0.25, 0.3) is 67.1 Å². The quantitative estimate of drug-likeness (QED) is 0.132. The summed E-state index contributed by atoms with van der Waals surface area (Å²) in [5.41, 5.74) is 17.2. The molecule has 18 nitrogen and oxygen atoms in total. The Morgan fingerprint density at radius 2 is 1.06 bits per heavy atom. The zero-order chi connectivity index (χ0) is 49.0. The molecule has 0 spiro atoms. The Labute approximate surface area is 402 Å². The van der Waals surface area contributed by atoms with Crippen LogP contribution >= 0.6 is 0 Å². The number of nitrogens with zero attached hydrogens (tertiary/aromatic N) is 14. The van der Waals surface area contributed by atoms with Crippen LogP contribution in [0, 0.1) is 36.5 Å². The average Bonchev–Trinajstić information content (AvgIpc) is 3.40.